The number of benzene rings is 1. The number of hydrogen-bond acceptors (Lipinski definition) is 4. The molecule has 17 heavy (non-hydrogen) atoms. The number of unbranched alkanes of at least 4 members (excludes halogenated alkanes) is 1. The van der Waals surface area contributed by atoms with Crippen molar-refractivity contribution in [2.75, 3.05) is 31.3 Å². The smallest absolute Gasteiger partial charge is 0.145 e. The minimum atomic E-state index is 0.444. The summed E-state index contributed by atoms with van der Waals surface area (Å²) >= 11 is 5.87. The van der Waals surface area contributed by atoms with Gasteiger partial charge in [0.1, 0.15) is 5.75 Å². The Morgan fingerprint density at radius 1 is 1.18 bits per heavy atom. The number of hydrogen-bond donors (Lipinski definition) is 2. The molecule has 0 unspecified atom stereocenters. The molecule has 1 aromatic rings. The summed E-state index contributed by atoms with van der Waals surface area (Å²) in [6, 6.07) is 3.29. The highest BCUT2D eigenvalue weighted by molar-refractivity contribution is 6.31. The van der Waals surface area contributed by atoms with Crippen LogP contribution in [-0.4, -0.2) is 19.8 Å². The molecule has 4 N–H and O–H groups in total. The van der Waals surface area contributed by atoms with Crippen molar-refractivity contribution >= 4 is 23.0 Å². The van der Waals surface area contributed by atoms with Crippen LogP contribution in [0.25, 0.3) is 0 Å². The van der Waals surface area contributed by atoms with E-state index in [1.165, 1.54) is 0 Å². The lowest BCUT2D eigenvalue weighted by molar-refractivity contribution is 0.139. The van der Waals surface area contributed by atoms with E-state index in [9.17, 15) is 0 Å². The molecule has 0 aliphatic heterocycles. The number of nitrogens with two attached hydrogens (primary N) is 2. The first-order chi connectivity index (χ1) is 8.15. The van der Waals surface area contributed by atoms with Crippen molar-refractivity contribution in [2.24, 2.45) is 0 Å². The van der Waals surface area contributed by atoms with E-state index in [-0.39, 0.29) is 0 Å². The van der Waals surface area contributed by atoms with Gasteiger partial charge in [0.15, 0.2) is 0 Å². The fraction of sp³-hybridized carbons (Fsp3) is 0.500. The third-order valence-electron chi connectivity index (χ3n) is 2.28. The number of halogens is 1. The summed E-state index contributed by atoms with van der Waals surface area (Å²) in [5.74, 6) is 0.548. The minimum absolute atomic E-state index is 0.444. The van der Waals surface area contributed by atoms with Crippen LogP contribution in [-0.2, 0) is 4.74 Å². The zero-order valence-electron chi connectivity index (χ0n) is 10.0. The van der Waals surface area contributed by atoms with Gasteiger partial charge < -0.3 is 20.9 Å². The monoisotopic (exact) mass is 258 g/mol. The zero-order valence-corrected chi connectivity index (χ0v) is 10.8. The van der Waals surface area contributed by atoms with Gasteiger partial charge in [-0.15, -0.1) is 0 Å². The predicted molar refractivity (Wildman–Crippen MR) is 71.5 cm³/mol. The summed E-state index contributed by atoms with van der Waals surface area (Å²) in [6.07, 6.45) is 1.87. The van der Waals surface area contributed by atoms with Crippen LogP contribution in [0.2, 0.25) is 5.02 Å². The second-order valence-electron chi connectivity index (χ2n) is 3.66. The van der Waals surface area contributed by atoms with E-state index < -0.39 is 0 Å². The first-order valence-electron chi connectivity index (χ1n) is 5.70. The molecule has 0 aliphatic carbocycles. The molecule has 0 aliphatic rings. The molecule has 1 aromatic carbocycles. The number of rotatable bonds is 7. The molecule has 5 heteroatoms. The summed E-state index contributed by atoms with van der Waals surface area (Å²) in [5.41, 5.74) is 12.4. The average molecular weight is 259 g/mol. The Bertz CT molecular complexity index is 359. The quantitative estimate of drug-likeness (QED) is 0.583. The average Bonchev–Trinajstić information content (AvgIpc) is 2.29. The van der Waals surface area contributed by atoms with E-state index in [0.717, 1.165) is 26.1 Å². The van der Waals surface area contributed by atoms with Crippen LogP contribution in [0.1, 0.15) is 19.8 Å². The van der Waals surface area contributed by atoms with E-state index >= 15 is 0 Å². The highest BCUT2D eigenvalue weighted by atomic mass is 35.5. The molecule has 0 atom stereocenters. The first-order valence-corrected chi connectivity index (χ1v) is 6.08. The molecule has 0 radical (unpaired) electrons. The van der Waals surface area contributed by atoms with Gasteiger partial charge in [-0.3, -0.25) is 0 Å². The number of ether oxygens (including phenoxy) is 2. The Morgan fingerprint density at radius 2 is 1.88 bits per heavy atom. The lowest BCUT2D eigenvalue weighted by Gasteiger charge is -2.11. The molecular formula is C12H19ClN2O2. The maximum atomic E-state index is 5.87. The fourth-order valence-electron chi connectivity index (χ4n) is 1.37. The zero-order chi connectivity index (χ0) is 12.7. The van der Waals surface area contributed by atoms with Gasteiger partial charge >= 0.3 is 0 Å². The lowest BCUT2D eigenvalue weighted by atomic mass is 10.2. The van der Waals surface area contributed by atoms with Crippen molar-refractivity contribution in [2.45, 2.75) is 19.8 Å². The molecule has 1 rings (SSSR count). The van der Waals surface area contributed by atoms with Crippen LogP contribution in [0, 0.1) is 0 Å². The molecule has 96 valence electrons. The Balaban J connectivity index is 2.36. The van der Waals surface area contributed by atoms with E-state index in [0.29, 0.717) is 28.8 Å². The summed E-state index contributed by atoms with van der Waals surface area (Å²) < 4.78 is 10.8. The Kier molecular flexibility index (Phi) is 5.94. The molecule has 0 saturated heterocycles. The Hall–Kier alpha value is -1.13. The van der Waals surface area contributed by atoms with Gasteiger partial charge in [-0.25, -0.2) is 0 Å². The summed E-state index contributed by atoms with van der Waals surface area (Å²) in [7, 11) is 0. The summed E-state index contributed by atoms with van der Waals surface area (Å²) in [6.45, 7) is 4.06. The van der Waals surface area contributed by atoms with Gasteiger partial charge in [-0.2, -0.15) is 0 Å². The van der Waals surface area contributed by atoms with E-state index in [1.807, 2.05) is 6.92 Å². The van der Waals surface area contributed by atoms with Crippen LogP contribution in [0.5, 0.6) is 5.75 Å². The standard InChI is InChI=1S/C12H19ClN2O2/c1-2-16-5-3-4-6-17-11-8-9(13)7-10(14)12(11)15/h7-8H,2-6,14-15H2,1H3. The highest BCUT2D eigenvalue weighted by Crippen LogP contribution is 2.31. The Labute approximate surface area is 107 Å². The van der Waals surface area contributed by atoms with Gasteiger partial charge in [0.25, 0.3) is 0 Å². The molecule has 0 saturated carbocycles. The van der Waals surface area contributed by atoms with Gasteiger partial charge in [-0.1, -0.05) is 11.6 Å². The largest absolute Gasteiger partial charge is 0.491 e. The van der Waals surface area contributed by atoms with Crippen LogP contribution in [0.4, 0.5) is 11.4 Å². The van der Waals surface area contributed by atoms with Crippen LogP contribution >= 0.6 is 11.6 Å². The van der Waals surface area contributed by atoms with E-state index in [1.54, 1.807) is 12.1 Å². The van der Waals surface area contributed by atoms with Crippen molar-refractivity contribution in [3.8, 4) is 5.75 Å². The maximum Gasteiger partial charge on any atom is 0.145 e. The molecule has 0 fully saturated rings. The summed E-state index contributed by atoms with van der Waals surface area (Å²) in [5, 5.41) is 0.529. The SMILES string of the molecule is CCOCCCCOc1cc(Cl)cc(N)c1N. The second-order valence-corrected chi connectivity index (χ2v) is 4.10. The van der Waals surface area contributed by atoms with Gasteiger partial charge in [-0.05, 0) is 25.8 Å². The fourth-order valence-corrected chi connectivity index (χ4v) is 1.58. The summed E-state index contributed by atoms with van der Waals surface area (Å²) in [4.78, 5) is 0. The first kappa shape index (κ1) is 13.9. The second kappa shape index (κ2) is 7.25. The minimum Gasteiger partial charge on any atom is -0.491 e. The van der Waals surface area contributed by atoms with Crippen LogP contribution in [0.15, 0.2) is 12.1 Å². The third kappa shape index (κ3) is 4.71. The van der Waals surface area contributed by atoms with Gasteiger partial charge in [0, 0.05) is 24.3 Å². The lowest BCUT2D eigenvalue weighted by Crippen LogP contribution is -2.04. The molecule has 0 spiro atoms. The number of nitrogen functional groups attached to an aromatic ring is 2. The van der Waals surface area contributed by atoms with Crippen LogP contribution < -0.4 is 16.2 Å². The third-order valence-corrected chi connectivity index (χ3v) is 2.50. The predicted octanol–water partition coefficient (Wildman–Crippen LogP) is 2.70. The van der Waals surface area contributed by atoms with E-state index in [2.05, 4.69) is 0 Å². The molecular weight excluding hydrogens is 240 g/mol. The highest BCUT2D eigenvalue weighted by Gasteiger charge is 2.05. The van der Waals surface area contributed by atoms with Crippen molar-refractivity contribution < 1.29 is 9.47 Å². The van der Waals surface area contributed by atoms with Crippen molar-refractivity contribution in [3.05, 3.63) is 17.2 Å². The van der Waals surface area contributed by atoms with Crippen molar-refractivity contribution in [1.29, 1.82) is 0 Å². The van der Waals surface area contributed by atoms with Crippen LogP contribution in [0.3, 0.4) is 0 Å². The van der Waals surface area contributed by atoms with Gasteiger partial charge in [0.05, 0.1) is 18.0 Å². The Morgan fingerprint density at radius 3 is 2.59 bits per heavy atom. The molecule has 0 aromatic heterocycles. The molecule has 4 nitrogen and oxygen atoms in total. The van der Waals surface area contributed by atoms with Crippen molar-refractivity contribution in [3.63, 3.8) is 0 Å². The number of anilines is 2. The normalized spacial score (nSPS) is 10.5. The topological polar surface area (TPSA) is 70.5 Å². The maximum absolute atomic E-state index is 5.87. The molecule has 0 heterocycles. The molecule has 0 amide bonds. The molecule has 0 bridgehead atoms. The van der Waals surface area contributed by atoms with E-state index in [4.69, 9.17) is 32.5 Å². The van der Waals surface area contributed by atoms with Gasteiger partial charge in [0.2, 0.25) is 0 Å². The van der Waals surface area contributed by atoms with Crippen molar-refractivity contribution in [1.82, 2.24) is 0 Å².